The largest absolute Gasteiger partial charge is 0.0533 e. The Balaban J connectivity index is 3.05. The average molecular weight is 757 g/mol. The fourth-order valence-electron chi connectivity index (χ4n) is 8.84. The molecule has 0 aliphatic rings. The highest BCUT2D eigenvalue weighted by Crippen LogP contribution is 2.19. The molecule has 0 heteroatoms. The van der Waals surface area contributed by atoms with Crippen LogP contribution in [0.25, 0.3) is 0 Å². The standard InChI is InChI=1S/C54H108/c1-3-5-7-9-11-13-15-17-19-21-23-25-27-29-31-33-35-37-39-41-43-45-47-49-51-53-54-52-50-48-46-44-42-40-38-36-34-32-30-28-26-24-22-20-18-16-14-12-10-8-6-4-2/h1-54H2. The molecular weight excluding hydrogens is 649 g/mol. The van der Waals surface area contributed by atoms with E-state index in [9.17, 15) is 0 Å². The third kappa shape index (κ3) is 52.0. The summed E-state index contributed by atoms with van der Waals surface area (Å²) in [5, 5.41) is 0. The van der Waals surface area contributed by atoms with Gasteiger partial charge >= 0.3 is 0 Å². The second-order valence-corrected chi connectivity index (χ2v) is 18.4. The number of rotatable bonds is 51. The quantitative estimate of drug-likeness (QED) is 0.0542. The van der Waals surface area contributed by atoms with E-state index in [2.05, 4.69) is 13.8 Å². The first-order valence-electron chi connectivity index (χ1n) is 26.5. The van der Waals surface area contributed by atoms with E-state index in [1.165, 1.54) is 321 Å². The van der Waals surface area contributed by atoms with E-state index in [0.717, 1.165) is 12.8 Å². The molecule has 54 heavy (non-hydrogen) atoms. The maximum atomic E-state index is 3.94. The van der Waals surface area contributed by atoms with Gasteiger partial charge in [0, 0.05) is 0 Å². The van der Waals surface area contributed by atoms with Crippen LogP contribution in [0.5, 0.6) is 0 Å². The number of hydrogen-bond donors (Lipinski definition) is 0. The molecule has 0 spiro atoms. The summed E-state index contributed by atoms with van der Waals surface area (Å²) >= 11 is 0. The Morgan fingerprint density at radius 1 is 0.0926 bits per heavy atom. The highest BCUT2D eigenvalue weighted by atomic mass is 14.1. The van der Waals surface area contributed by atoms with Crippen molar-refractivity contribution in [2.45, 2.75) is 334 Å². The van der Waals surface area contributed by atoms with Gasteiger partial charge in [-0.05, 0) is 0 Å². The Morgan fingerprint density at radius 3 is 0.204 bits per heavy atom. The molecule has 0 fully saturated rings. The lowest BCUT2D eigenvalue weighted by atomic mass is 10.0. The van der Waals surface area contributed by atoms with Crippen LogP contribution >= 0.6 is 0 Å². The summed E-state index contributed by atoms with van der Waals surface area (Å²) < 4.78 is 0. The summed E-state index contributed by atoms with van der Waals surface area (Å²) in [6.07, 6.45) is 76.1. The summed E-state index contributed by atoms with van der Waals surface area (Å²) in [5.74, 6) is 0. The Kier molecular flexibility index (Phi) is 53.0. The highest BCUT2D eigenvalue weighted by Gasteiger charge is 1.99. The van der Waals surface area contributed by atoms with E-state index in [0.29, 0.717) is 0 Å². The van der Waals surface area contributed by atoms with Gasteiger partial charge in [0.1, 0.15) is 0 Å². The van der Waals surface area contributed by atoms with E-state index in [1.807, 2.05) is 0 Å². The predicted octanol–water partition coefficient (Wildman–Crippen LogP) is 20.9. The maximum absolute atomic E-state index is 3.94. The van der Waals surface area contributed by atoms with E-state index in [-0.39, 0.29) is 0 Å². The fourth-order valence-corrected chi connectivity index (χ4v) is 8.84. The first kappa shape index (κ1) is 54.0. The zero-order valence-electron chi connectivity index (χ0n) is 38.2. The SMILES string of the molecule is [CH2]CCCCCCCCCCCCCCCCCCCCCCCCCCCCCCCCCCCCCCCCCCCCCCCCCCCC[CH2]. The van der Waals surface area contributed by atoms with Gasteiger partial charge in [0.15, 0.2) is 0 Å². The van der Waals surface area contributed by atoms with Crippen molar-refractivity contribution in [1.29, 1.82) is 0 Å². The Morgan fingerprint density at radius 2 is 0.148 bits per heavy atom. The van der Waals surface area contributed by atoms with Crippen LogP contribution < -0.4 is 0 Å². The van der Waals surface area contributed by atoms with Crippen molar-refractivity contribution in [1.82, 2.24) is 0 Å². The zero-order chi connectivity index (χ0) is 38.8. The van der Waals surface area contributed by atoms with Crippen LogP contribution in [0.3, 0.4) is 0 Å². The zero-order valence-corrected chi connectivity index (χ0v) is 38.2. The second kappa shape index (κ2) is 53.0. The van der Waals surface area contributed by atoms with Crippen molar-refractivity contribution in [2.24, 2.45) is 0 Å². The lowest BCUT2D eigenvalue weighted by Gasteiger charge is -2.05. The van der Waals surface area contributed by atoms with Gasteiger partial charge < -0.3 is 0 Å². The first-order valence-corrected chi connectivity index (χ1v) is 26.5. The average Bonchev–Trinajstić information content (AvgIpc) is 3.18. The van der Waals surface area contributed by atoms with Gasteiger partial charge in [0.2, 0.25) is 0 Å². The molecule has 0 saturated carbocycles. The van der Waals surface area contributed by atoms with Gasteiger partial charge in [-0.2, -0.15) is 0 Å². The first-order chi connectivity index (χ1) is 26.9. The van der Waals surface area contributed by atoms with Crippen molar-refractivity contribution < 1.29 is 0 Å². The van der Waals surface area contributed by atoms with Crippen molar-refractivity contribution in [3.8, 4) is 0 Å². The van der Waals surface area contributed by atoms with Gasteiger partial charge in [-0.15, -0.1) is 0 Å². The molecule has 0 rings (SSSR count). The third-order valence-electron chi connectivity index (χ3n) is 12.7. The fraction of sp³-hybridized carbons (Fsp3) is 0.963. The summed E-state index contributed by atoms with van der Waals surface area (Å²) in [4.78, 5) is 0. The molecule has 2 radical (unpaired) electrons. The van der Waals surface area contributed by atoms with Gasteiger partial charge in [0.25, 0.3) is 0 Å². The van der Waals surface area contributed by atoms with E-state index < -0.39 is 0 Å². The number of unbranched alkanes of at least 4 members (excludes halogenated alkanes) is 51. The minimum absolute atomic E-state index is 1.12. The topological polar surface area (TPSA) is 0 Å². The predicted molar refractivity (Wildman–Crippen MR) is 251 cm³/mol. The van der Waals surface area contributed by atoms with Crippen molar-refractivity contribution >= 4 is 0 Å². The molecule has 0 aromatic heterocycles. The van der Waals surface area contributed by atoms with Crippen LogP contribution in [0.1, 0.15) is 334 Å². The lowest BCUT2D eigenvalue weighted by Crippen LogP contribution is -1.85. The number of hydrogen-bond acceptors (Lipinski definition) is 0. The van der Waals surface area contributed by atoms with E-state index in [4.69, 9.17) is 0 Å². The molecule has 0 amide bonds. The van der Waals surface area contributed by atoms with Crippen LogP contribution in [-0.2, 0) is 0 Å². The van der Waals surface area contributed by atoms with Crippen molar-refractivity contribution in [2.75, 3.05) is 0 Å². The molecular formula is C54H108. The van der Waals surface area contributed by atoms with E-state index in [1.54, 1.807) is 0 Å². The molecule has 0 atom stereocenters. The summed E-state index contributed by atoms with van der Waals surface area (Å²) in [5.41, 5.74) is 0. The lowest BCUT2D eigenvalue weighted by molar-refractivity contribution is 0.507. The van der Waals surface area contributed by atoms with Crippen LogP contribution in [0.15, 0.2) is 0 Å². The minimum Gasteiger partial charge on any atom is -0.0533 e. The molecule has 0 N–H and O–H groups in total. The summed E-state index contributed by atoms with van der Waals surface area (Å²) in [6, 6.07) is 0. The summed E-state index contributed by atoms with van der Waals surface area (Å²) in [7, 11) is 0. The normalized spacial score (nSPS) is 11.7. The smallest absolute Gasteiger partial charge is 0.0533 e. The van der Waals surface area contributed by atoms with Gasteiger partial charge in [0.05, 0.1) is 0 Å². The molecule has 0 saturated heterocycles. The highest BCUT2D eigenvalue weighted by molar-refractivity contribution is 4.55. The Labute approximate surface area is 346 Å². The van der Waals surface area contributed by atoms with Crippen LogP contribution in [-0.4, -0.2) is 0 Å². The molecule has 0 unspecified atom stereocenters. The van der Waals surface area contributed by atoms with Crippen LogP contribution in [0.4, 0.5) is 0 Å². The Bertz CT molecular complexity index is 541. The molecule has 0 heterocycles. The van der Waals surface area contributed by atoms with Gasteiger partial charge in [-0.3, -0.25) is 0 Å². The van der Waals surface area contributed by atoms with Gasteiger partial charge in [-0.1, -0.05) is 348 Å². The molecule has 0 bridgehead atoms. The van der Waals surface area contributed by atoms with Crippen LogP contribution in [0.2, 0.25) is 0 Å². The van der Waals surface area contributed by atoms with Crippen LogP contribution in [0, 0.1) is 13.8 Å². The summed E-state index contributed by atoms with van der Waals surface area (Å²) in [6.45, 7) is 7.88. The molecule has 0 aliphatic heterocycles. The molecule has 0 aromatic carbocycles. The maximum Gasteiger partial charge on any atom is -0.0533 e. The minimum atomic E-state index is 1.12. The van der Waals surface area contributed by atoms with Gasteiger partial charge in [-0.25, -0.2) is 0 Å². The van der Waals surface area contributed by atoms with E-state index >= 15 is 0 Å². The third-order valence-corrected chi connectivity index (χ3v) is 12.7. The second-order valence-electron chi connectivity index (χ2n) is 18.4. The molecule has 324 valence electrons. The monoisotopic (exact) mass is 757 g/mol. The van der Waals surface area contributed by atoms with Crippen molar-refractivity contribution in [3.63, 3.8) is 0 Å². The molecule has 0 aliphatic carbocycles. The van der Waals surface area contributed by atoms with Crippen molar-refractivity contribution in [3.05, 3.63) is 13.8 Å². The molecule has 0 nitrogen and oxygen atoms in total. The Hall–Kier alpha value is 0. The molecule has 0 aromatic rings.